The monoisotopic (exact) mass is 232 g/mol. The fraction of sp³-hybridized carbons (Fsp3) is 0.333. The van der Waals surface area contributed by atoms with Crippen LogP contribution in [-0.4, -0.2) is 19.9 Å². The Kier molecular flexibility index (Phi) is 3.10. The molecule has 0 spiro atoms. The maximum Gasteiger partial charge on any atom is 0.129 e. The normalized spacial score (nSPS) is 12.6. The van der Waals surface area contributed by atoms with Gasteiger partial charge in [-0.15, -0.1) is 0 Å². The van der Waals surface area contributed by atoms with Gasteiger partial charge < -0.3 is 10.8 Å². The summed E-state index contributed by atoms with van der Waals surface area (Å²) in [5, 5.41) is 14.4. The highest BCUT2D eigenvalue weighted by Gasteiger charge is 2.18. The second-order valence-electron chi connectivity index (χ2n) is 3.96. The lowest BCUT2D eigenvalue weighted by Crippen LogP contribution is -2.11. The van der Waals surface area contributed by atoms with Gasteiger partial charge in [0, 0.05) is 24.5 Å². The van der Waals surface area contributed by atoms with Gasteiger partial charge in [-0.25, -0.2) is 4.98 Å². The van der Waals surface area contributed by atoms with E-state index in [0.717, 1.165) is 11.3 Å². The van der Waals surface area contributed by atoms with Gasteiger partial charge in [0.15, 0.2) is 0 Å². The van der Waals surface area contributed by atoms with Crippen molar-refractivity contribution < 1.29 is 5.11 Å². The number of aryl methyl sites for hydroxylation is 2. The summed E-state index contributed by atoms with van der Waals surface area (Å²) in [6, 6.07) is 3.63. The molecule has 0 aliphatic carbocycles. The topological polar surface area (TPSA) is 77.0 Å². The maximum absolute atomic E-state index is 10.3. The van der Waals surface area contributed by atoms with Gasteiger partial charge in [0.2, 0.25) is 0 Å². The van der Waals surface area contributed by atoms with Crippen molar-refractivity contribution in [2.45, 2.75) is 26.5 Å². The van der Waals surface area contributed by atoms with Crippen molar-refractivity contribution >= 4 is 5.82 Å². The average molecular weight is 232 g/mol. The Hall–Kier alpha value is -1.88. The Morgan fingerprint density at radius 2 is 2.29 bits per heavy atom. The average Bonchev–Trinajstić information content (AvgIpc) is 2.79. The molecule has 2 heterocycles. The first-order valence-electron chi connectivity index (χ1n) is 5.55. The Balaban J connectivity index is 2.43. The van der Waals surface area contributed by atoms with Crippen LogP contribution in [0.1, 0.15) is 29.8 Å². The van der Waals surface area contributed by atoms with E-state index in [1.54, 1.807) is 23.1 Å². The first-order valence-corrected chi connectivity index (χ1v) is 5.55. The molecule has 3 N–H and O–H groups in total. The lowest BCUT2D eigenvalue weighted by Gasteiger charge is -2.14. The van der Waals surface area contributed by atoms with Crippen molar-refractivity contribution in [3.8, 4) is 0 Å². The molecule has 1 atom stereocenters. The molecule has 0 aromatic carbocycles. The standard InChI is InChI=1S/C12H16N4O/c1-3-16-10(4-5-15-16)11(17)9-6-8(2)7-14-12(9)13/h4-7,11,17H,3H2,1-2H3,(H2,13,14). The lowest BCUT2D eigenvalue weighted by molar-refractivity contribution is 0.208. The predicted octanol–water partition coefficient (Wildman–Crippen LogP) is 1.27. The molecular formula is C12H16N4O. The molecule has 2 aromatic rings. The van der Waals surface area contributed by atoms with Crippen molar-refractivity contribution in [1.82, 2.24) is 14.8 Å². The molecule has 90 valence electrons. The van der Waals surface area contributed by atoms with Crippen molar-refractivity contribution in [1.29, 1.82) is 0 Å². The van der Waals surface area contributed by atoms with Crippen LogP contribution in [0.15, 0.2) is 24.5 Å². The summed E-state index contributed by atoms with van der Waals surface area (Å²) in [5.74, 6) is 0.354. The van der Waals surface area contributed by atoms with E-state index < -0.39 is 6.10 Å². The first kappa shape index (κ1) is 11.6. The van der Waals surface area contributed by atoms with Gasteiger partial charge in [0.1, 0.15) is 11.9 Å². The molecule has 5 heteroatoms. The zero-order valence-electron chi connectivity index (χ0n) is 9.96. The van der Waals surface area contributed by atoms with Crippen molar-refractivity contribution in [2.75, 3.05) is 5.73 Å². The molecule has 17 heavy (non-hydrogen) atoms. The highest BCUT2D eigenvalue weighted by Crippen LogP contribution is 2.25. The fourth-order valence-corrected chi connectivity index (χ4v) is 1.82. The van der Waals surface area contributed by atoms with Gasteiger partial charge in [0.25, 0.3) is 0 Å². The lowest BCUT2D eigenvalue weighted by atomic mass is 10.1. The van der Waals surface area contributed by atoms with Crippen LogP contribution < -0.4 is 5.73 Å². The molecular weight excluding hydrogens is 216 g/mol. The number of rotatable bonds is 3. The Bertz CT molecular complexity index is 521. The van der Waals surface area contributed by atoms with Gasteiger partial charge in [-0.1, -0.05) is 0 Å². The largest absolute Gasteiger partial charge is 0.383 e. The number of aromatic nitrogens is 3. The quantitative estimate of drug-likeness (QED) is 0.835. The van der Waals surface area contributed by atoms with E-state index in [9.17, 15) is 5.11 Å². The zero-order chi connectivity index (χ0) is 12.4. The predicted molar refractivity (Wildman–Crippen MR) is 65.3 cm³/mol. The highest BCUT2D eigenvalue weighted by molar-refractivity contribution is 5.44. The van der Waals surface area contributed by atoms with Crippen molar-refractivity contribution in [3.05, 3.63) is 41.3 Å². The molecule has 1 unspecified atom stereocenters. The third-order valence-electron chi connectivity index (χ3n) is 2.71. The molecule has 0 bridgehead atoms. The summed E-state index contributed by atoms with van der Waals surface area (Å²) in [5.41, 5.74) is 8.11. The van der Waals surface area contributed by atoms with E-state index in [4.69, 9.17) is 5.73 Å². The SMILES string of the molecule is CCn1nccc1C(O)c1cc(C)cnc1N. The highest BCUT2D eigenvalue weighted by atomic mass is 16.3. The Morgan fingerprint density at radius 3 is 3.00 bits per heavy atom. The number of nitrogens with zero attached hydrogens (tertiary/aromatic N) is 3. The molecule has 2 aromatic heterocycles. The number of nitrogens with two attached hydrogens (primary N) is 1. The number of aliphatic hydroxyl groups excluding tert-OH is 1. The van der Waals surface area contributed by atoms with Gasteiger partial charge in [-0.05, 0) is 31.5 Å². The zero-order valence-corrected chi connectivity index (χ0v) is 9.96. The number of pyridine rings is 1. The minimum atomic E-state index is -0.787. The fourth-order valence-electron chi connectivity index (χ4n) is 1.82. The van der Waals surface area contributed by atoms with E-state index >= 15 is 0 Å². The molecule has 0 radical (unpaired) electrons. The van der Waals surface area contributed by atoms with Crippen LogP contribution in [0.5, 0.6) is 0 Å². The van der Waals surface area contributed by atoms with Crippen LogP contribution in [0, 0.1) is 6.92 Å². The molecule has 0 aliphatic rings. The van der Waals surface area contributed by atoms with Crippen LogP contribution in [-0.2, 0) is 6.54 Å². The van der Waals surface area contributed by atoms with E-state index in [1.165, 1.54) is 0 Å². The van der Waals surface area contributed by atoms with E-state index in [0.29, 0.717) is 17.9 Å². The van der Waals surface area contributed by atoms with E-state index in [1.807, 2.05) is 19.9 Å². The molecule has 0 amide bonds. The van der Waals surface area contributed by atoms with Crippen LogP contribution >= 0.6 is 0 Å². The third-order valence-corrected chi connectivity index (χ3v) is 2.71. The second kappa shape index (κ2) is 4.55. The van der Waals surface area contributed by atoms with Gasteiger partial charge in [-0.3, -0.25) is 4.68 Å². The summed E-state index contributed by atoms with van der Waals surface area (Å²) in [6.45, 7) is 4.60. The summed E-state index contributed by atoms with van der Waals surface area (Å²) in [4.78, 5) is 4.05. The molecule has 0 aliphatic heterocycles. The summed E-state index contributed by atoms with van der Waals surface area (Å²) >= 11 is 0. The summed E-state index contributed by atoms with van der Waals surface area (Å²) in [6.07, 6.45) is 2.56. The summed E-state index contributed by atoms with van der Waals surface area (Å²) in [7, 11) is 0. The smallest absolute Gasteiger partial charge is 0.129 e. The second-order valence-corrected chi connectivity index (χ2v) is 3.96. The Labute approximate surface area is 99.9 Å². The number of hydrogen-bond acceptors (Lipinski definition) is 4. The Morgan fingerprint density at radius 1 is 1.53 bits per heavy atom. The first-order chi connectivity index (χ1) is 8.13. The third kappa shape index (κ3) is 2.14. The molecule has 5 nitrogen and oxygen atoms in total. The van der Waals surface area contributed by atoms with E-state index in [2.05, 4.69) is 10.1 Å². The number of hydrogen-bond donors (Lipinski definition) is 2. The minimum Gasteiger partial charge on any atom is -0.383 e. The van der Waals surface area contributed by atoms with Crippen molar-refractivity contribution in [3.63, 3.8) is 0 Å². The van der Waals surface area contributed by atoms with Gasteiger partial charge >= 0.3 is 0 Å². The van der Waals surface area contributed by atoms with Crippen LogP contribution in [0.4, 0.5) is 5.82 Å². The number of anilines is 1. The molecule has 0 saturated carbocycles. The van der Waals surface area contributed by atoms with Crippen LogP contribution in [0.2, 0.25) is 0 Å². The number of aliphatic hydroxyl groups is 1. The van der Waals surface area contributed by atoms with Crippen LogP contribution in [0.3, 0.4) is 0 Å². The molecule has 0 saturated heterocycles. The van der Waals surface area contributed by atoms with Gasteiger partial charge in [-0.2, -0.15) is 5.10 Å². The molecule has 0 fully saturated rings. The van der Waals surface area contributed by atoms with Crippen LogP contribution in [0.25, 0.3) is 0 Å². The minimum absolute atomic E-state index is 0.354. The van der Waals surface area contributed by atoms with Gasteiger partial charge in [0.05, 0.1) is 5.69 Å². The molecule has 2 rings (SSSR count). The maximum atomic E-state index is 10.3. The van der Waals surface area contributed by atoms with Crippen molar-refractivity contribution in [2.24, 2.45) is 0 Å². The number of nitrogen functional groups attached to an aromatic ring is 1. The summed E-state index contributed by atoms with van der Waals surface area (Å²) < 4.78 is 1.74. The van der Waals surface area contributed by atoms with E-state index in [-0.39, 0.29) is 0 Å².